The van der Waals surface area contributed by atoms with Crippen molar-refractivity contribution >= 4 is 16.9 Å². The van der Waals surface area contributed by atoms with Crippen molar-refractivity contribution in [1.29, 1.82) is 5.26 Å². The fourth-order valence-electron chi connectivity index (χ4n) is 3.39. The van der Waals surface area contributed by atoms with E-state index in [4.69, 9.17) is 20.6 Å². The molecule has 0 saturated heterocycles. The number of fused-ring (bicyclic) bond motifs is 1. The number of methoxy groups -OCH3 is 1. The molecule has 9 nitrogen and oxygen atoms in total. The third kappa shape index (κ3) is 3.64. The van der Waals surface area contributed by atoms with E-state index in [0.717, 1.165) is 11.4 Å². The Hall–Kier alpha value is -4.06. The summed E-state index contributed by atoms with van der Waals surface area (Å²) in [5.41, 5.74) is 10.2. The topological polar surface area (TPSA) is 128 Å². The van der Waals surface area contributed by atoms with Gasteiger partial charge in [-0.1, -0.05) is 13.8 Å². The summed E-state index contributed by atoms with van der Waals surface area (Å²) in [6, 6.07) is 7.11. The van der Waals surface area contributed by atoms with Gasteiger partial charge in [0, 0.05) is 11.8 Å². The number of ether oxygens (including phenoxy) is 1. The summed E-state index contributed by atoms with van der Waals surface area (Å²) in [5, 5.41) is 14.8. The van der Waals surface area contributed by atoms with Crippen LogP contribution in [0.15, 0.2) is 36.9 Å². The molecule has 0 bridgehead atoms. The van der Waals surface area contributed by atoms with E-state index in [0.29, 0.717) is 39.4 Å². The minimum Gasteiger partial charge on any atom is -0.497 e. The number of nitrogens with two attached hydrogens (primary N) is 1. The number of anilines is 1. The summed E-state index contributed by atoms with van der Waals surface area (Å²) in [6.07, 6.45) is 4.91. The maximum Gasteiger partial charge on any atom is 0.164 e. The van der Waals surface area contributed by atoms with Crippen LogP contribution in [0, 0.1) is 11.3 Å². The van der Waals surface area contributed by atoms with E-state index in [1.807, 2.05) is 13.0 Å². The van der Waals surface area contributed by atoms with Crippen LogP contribution >= 0.6 is 0 Å². The Morgan fingerprint density at radius 3 is 2.58 bits per heavy atom. The number of nitrogens with zero attached hydrogens (tertiary/aromatic N) is 7. The highest BCUT2D eigenvalue weighted by Crippen LogP contribution is 2.34. The van der Waals surface area contributed by atoms with Crippen LogP contribution in [0.5, 0.6) is 5.75 Å². The Balaban J connectivity index is 1.93. The molecule has 3 heterocycles. The molecular formula is C22H22N8O. The van der Waals surface area contributed by atoms with Crippen LogP contribution in [-0.4, -0.2) is 36.8 Å². The van der Waals surface area contributed by atoms with Gasteiger partial charge in [-0.05, 0) is 31.0 Å². The standard InChI is InChI=1S/C22H22N8O/c1-12(2)17-9-25-10-18(28-17)13(3)30-22-19(21(24)26-11-27-22)20(29-30)15-5-14(8-23)6-16(7-15)31-4/h5-7,9-13H,1-4H3,(H2,24,26,27). The Kier molecular flexibility index (Phi) is 5.21. The van der Waals surface area contributed by atoms with E-state index in [9.17, 15) is 5.26 Å². The van der Waals surface area contributed by atoms with Crippen LogP contribution in [0.25, 0.3) is 22.3 Å². The summed E-state index contributed by atoms with van der Waals surface area (Å²) in [4.78, 5) is 17.7. The van der Waals surface area contributed by atoms with Gasteiger partial charge in [-0.25, -0.2) is 14.6 Å². The summed E-state index contributed by atoms with van der Waals surface area (Å²) < 4.78 is 7.12. The molecule has 156 valence electrons. The molecule has 31 heavy (non-hydrogen) atoms. The highest BCUT2D eigenvalue weighted by molar-refractivity contribution is 5.98. The van der Waals surface area contributed by atoms with E-state index >= 15 is 0 Å². The molecule has 0 aliphatic rings. The lowest BCUT2D eigenvalue weighted by molar-refractivity contribution is 0.415. The molecule has 3 aromatic heterocycles. The molecule has 0 aliphatic heterocycles. The second-order valence-electron chi connectivity index (χ2n) is 7.51. The largest absolute Gasteiger partial charge is 0.497 e. The predicted octanol–water partition coefficient (Wildman–Crippen LogP) is 3.48. The molecule has 4 rings (SSSR count). The molecule has 2 N–H and O–H groups in total. The monoisotopic (exact) mass is 414 g/mol. The van der Waals surface area contributed by atoms with Gasteiger partial charge in [-0.3, -0.25) is 9.97 Å². The number of hydrogen-bond donors (Lipinski definition) is 1. The van der Waals surface area contributed by atoms with Gasteiger partial charge < -0.3 is 10.5 Å². The van der Waals surface area contributed by atoms with Crippen LogP contribution in [0.1, 0.15) is 49.7 Å². The minimum absolute atomic E-state index is 0.252. The van der Waals surface area contributed by atoms with Crippen molar-refractivity contribution < 1.29 is 4.74 Å². The van der Waals surface area contributed by atoms with Crippen LogP contribution in [0.2, 0.25) is 0 Å². The minimum atomic E-state index is -0.252. The average molecular weight is 414 g/mol. The summed E-state index contributed by atoms with van der Waals surface area (Å²) in [6.45, 7) is 6.13. The van der Waals surface area contributed by atoms with E-state index in [-0.39, 0.29) is 12.0 Å². The van der Waals surface area contributed by atoms with Gasteiger partial charge in [-0.15, -0.1) is 0 Å². The molecule has 0 aliphatic carbocycles. The maximum atomic E-state index is 9.41. The van der Waals surface area contributed by atoms with Crippen molar-refractivity contribution in [1.82, 2.24) is 29.7 Å². The molecule has 1 aromatic carbocycles. The molecular weight excluding hydrogens is 392 g/mol. The van der Waals surface area contributed by atoms with Crippen molar-refractivity contribution in [2.24, 2.45) is 0 Å². The first-order valence-electron chi connectivity index (χ1n) is 9.83. The molecule has 0 fully saturated rings. The Bertz CT molecular complexity index is 1300. The van der Waals surface area contributed by atoms with Gasteiger partial charge >= 0.3 is 0 Å². The highest BCUT2D eigenvalue weighted by Gasteiger charge is 2.23. The third-order valence-electron chi connectivity index (χ3n) is 5.12. The van der Waals surface area contributed by atoms with Crippen molar-refractivity contribution in [2.75, 3.05) is 12.8 Å². The lowest BCUT2D eigenvalue weighted by Gasteiger charge is -2.14. The summed E-state index contributed by atoms with van der Waals surface area (Å²) in [7, 11) is 1.55. The maximum absolute atomic E-state index is 9.41. The molecule has 1 unspecified atom stereocenters. The zero-order valence-electron chi connectivity index (χ0n) is 17.7. The van der Waals surface area contributed by atoms with Crippen molar-refractivity contribution in [3.05, 3.63) is 53.9 Å². The smallest absolute Gasteiger partial charge is 0.164 e. The second-order valence-corrected chi connectivity index (χ2v) is 7.51. The van der Waals surface area contributed by atoms with Gasteiger partial charge in [0.1, 0.15) is 23.6 Å². The van der Waals surface area contributed by atoms with Crippen LogP contribution in [-0.2, 0) is 0 Å². The molecule has 1 atom stereocenters. The van der Waals surface area contributed by atoms with Gasteiger partial charge in [0.2, 0.25) is 0 Å². The number of nitrogen functional groups attached to an aromatic ring is 1. The number of hydrogen-bond acceptors (Lipinski definition) is 8. The Morgan fingerprint density at radius 2 is 1.87 bits per heavy atom. The SMILES string of the molecule is COc1cc(C#N)cc(-c2nn(C(C)c3cncc(C(C)C)n3)c3ncnc(N)c23)c1. The molecule has 0 radical (unpaired) electrons. The van der Waals surface area contributed by atoms with Crippen molar-refractivity contribution in [3.8, 4) is 23.1 Å². The lowest BCUT2D eigenvalue weighted by Crippen LogP contribution is -2.12. The third-order valence-corrected chi connectivity index (χ3v) is 5.12. The second kappa shape index (κ2) is 7.99. The number of aromatic nitrogens is 6. The molecule has 9 heteroatoms. The van der Waals surface area contributed by atoms with Gasteiger partial charge in [-0.2, -0.15) is 10.4 Å². The van der Waals surface area contributed by atoms with Crippen LogP contribution in [0.3, 0.4) is 0 Å². The molecule has 0 spiro atoms. The normalized spacial score (nSPS) is 12.1. The first-order chi connectivity index (χ1) is 14.9. The van der Waals surface area contributed by atoms with E-state index < -0.39 is 0 Å². The Morgan fingerprint density at radius 1 is 1.10 bits per heavy atom. The van der Waals surface area contributed by atoms with E-state index in [2.05, 4.69) is 34.9 Å². The molecule has 0 amide bonds. The zero-order chi connectivity index (χ0) is 22.1. The first-order valence-corrected chi connectivity index (χ1v) is 9.83. The van der Waals surface area contributed by atoms with Gasteiger partial charge in [0.15, 0.2) is 5.65 Å². The quantitative estimate of drug-likeness (QED) is 0.525. The lowest BCUT2D eigenvalue weighted by atomic mass is 10.1. The highest BCUT2D eigenvalue weighted by atomic mass is 16.5. The number of nitriles is 1. The van der Waals surface area contributed by atoms with Crippen molar-refractivity contribution in [2.45, 2.75) is 32.7 Å². The fourth-order valence-corrected chi connectivity index (χ4v) is 3.39. The molecule has 0 saturated carbocycles. The summed E-state index contributed by atoms with van der Waals surface area (Å²) in [5.74, 6) is 1.11. The Labute approximate surface area is 179 Å². The van der Waals surface area contributed by atoms with E-state index in [1.165, 1.54) is 6.33 Å². The van der Waals surface area contributed by atoms with Crippen LogP contribution < -0.4 is 10.5 Å². The fraction of sp³-hybridized carbons (Fsp3) is 0.273. The van der Waals surface area contributed by atoms with Gasteiger partial charge in [0.05, 0.1) is 47.8 Å². The predicted molar refractivity (Wildman–Crippen MR) is 116 cm³/mol. The first kappa shape index (κ1) is 20.2. The number of rotatable bonds is 5. The zero-order valence-corrected chi connectivity index (χ0v) is 17.7. The van der Waals surface area contributed by atoms with Gasteiger partial charge in [0.25, 0.3) is 0 Å². The van der Waals surface area contributed by atoms with Crippen molar-refractivity contribution in [3.63, 3.8) is 0 Å². The molecule has 4 aromatic rings. The summed E-state index contributed by atoms with van der Waals surface area (Å²) >= 11 is 0. The average Bonchev–Trinajstić information content (AvgIpc) is 3.19. The van der Waals surface area contributed by atoms with Crippen LogP contribution in [0.4, 0.5) is 5.82 Å². The number of benzene rings is 1. The van der Waals surface area contributed by atoms with E-state index in [1.54, 1.807) is 36.3 Å².